The molecule has 8 heteroatoms. The van der Waals surface area contributed by atoms with Crippen LogP contribution in [-0.2, 0) is 10.0 Å². The quantitative estimate of drug-likeness (QED) is 0.831. The fraction of sp³-hybridized carbons (Fsp3) is 0.278. The van der Waals surface area contributed by atoms with Gasteiger partial charge in [0.05, 0.1) is 4.90 Å². The summed E-state index contributed by atoms with van der Waals surface area (Å²) in [7, 11) is -3.77. The number of rotatable bonds is 4. The van der Waals surface area contributed by atoms with Gasteiger partial charge in [0.2, 0.25) is 0 Å². The van der Waals surface area contributed by atoms with Gasteiger partial charge in [0, 0.05) is 30.4 Å². The van der Waals surface area contributed by atoms with E-state index in [1.165, 1.54) is 12.1 Å². The number of aryl methyl sites for hydroxylation is 1. The van der Waals surface area contributed by atoms with Crippen molar-refractivity contribution in [2.24, 2.45) is 5.73 Å². The van der Waals surface area contributed by atoms with Crippen LogP contribution < -0.4 is 10.5 Å². The van der Waals surface area contributed by atoms with E-state index < -0.39 is 10.0 Å². The minimum atomic E-state index is -3.77. The van der Waals surface area contributed by atoms with Crippen molar-refractivity contribution in [1.82, 2.24) is 4.90 Å². The fourth-order valence-corrected chi connectivity index (χ4v) is 3.97. The van der Waals surface area contributed by atoms with Crippen LogP contribution in [0.4, 0.5) is 5.69 Å². The lowest BCUT2D eigenvalue weighted by Gasteiger charge is -2.16. The molecular weight excluding hydrogens is 374 g/mol. The van der Waals surface area contributed by atoms with Crippen LogP contribution in [0.15, 0.2) is 53.4 Å². The van der Waals surface area contributed by atoms with Gasteiger partial charge in [-0.1, -0.05) is 18.2 Å². The molecule has 0 saturated carbocycles. The van der Waals surface area contributed by atoms with Gasteiger partial charge < -0.3 is 10.6 Å². The first-order valence-electron chi connectivity index (χ1n) is 8.09. The molecule has 140 valence electrons. The number of likely N-dealkylation sites (tertiary alicyclic amines) is 1. The topological polar surface area (TPSA) is 92.5 Å². The molecule has 3 N–H and O–H groups in total. The van der Waals surface area contributed by atoms with Gasteiger partial charge in [-0.2, -0.15) is 0 Å². The van der Waals surface area contributed by atoms with Crippen molar-refractivity contribution in [3.63, 3.8) is 0 Å². The lowest BCUT2D eigenvalue weighted by atomic mass is 10.2. The summed E-state index contributed by atoms with van der Waals surface area (Å²) >= 11 is 0. The van der Waals surface area contributed by atoms with Gasteiger partial charge in [-0.3, -0.25) is 9.52 Å². The summed E-state index contributed by atoms with van der Waals surface area (Å²) in [6.07, 6.45) is 0.763. The maximum absolute atomic E-state index is 12.6. The van der Waals surface area contributed by atoms with Gasteiger partial charge in [0.15, 0.2) is 0 Å². The van der Waals surface area contributed by atoms with Crippen molar-refractivity contribution in [1.29, 1.82) is 0 Å². The Kier molecular flexibility index (Phi) is 6.28. The van der Waals surface area contributed by atoms with E-state index in [4.69, 9.17) is 5.73 Å². The summed E-state index contributed by atoms with van der Waals surface area (Å²) in [5, 5.41) is 0. The molecule has 1 atom stereocenters. The molecule has 2 aromatic rings. The first kappa shape index (κ1) is 20.2. The second kappa shape index (κ2) is 8.07. The Balaban J connectivity index is 0.00000243. The van der Waals surface area contributed by atoms with Gasteiger partial charge in [-0.25, -0.2) is 8.42 Å². The molecule has 1 aliphatic rings. The van der Waals surface area contributed by atoms with Gasteiger partial charge >= 0.3 is 0 Å². The van der Waals surface area contributed by atoms with Crippen molar-refractivity contribution in [3.05, 3.63) is 59.7 Å². The minimum Gasteiger partial charge on any atom is -0.337 e. The van der Waals surface area contributed by atoms with Crippen LogP contribution in [0, 0.1) is 6.92 Å². The van der Waals surface area contributed by atoms with Crippen LogP contribution in [0.1, 0.15) is 22.3 Å². The largest absolute Gasteiger partial charge is 0.337 e. The molecule has 1 aliphatic heterocycles. The molecule has 0 spiro atoms. The standard InChI is InChI=1S/C18H21N3O3S.ClH/c1-13-4-2-6-16(10-13)20-25(23,24)17-7-3-5-14(11-17)18(22)21-9-8-15(19)12-21;/h2-7,10-11,15,20H,8-9,12,19H2,1H3;1H/t15-;/m1./s1. The molecule has 1 heterocycles. The smallest absolute Gasteiger partial charge is 0.261 e. The summed E-state index contributed by atoms with van der Waals surface area (Å²) in [6.45, 7) is 2.98. The van der Waals surface area contributed by atoms with Crippen molar-refractivity contribution in [2.75, 3.05) is 17.8 Å². The Morgan fingerprint density at radius 2 is 1.92 bits per heavy atom. The van der Waals surface area contributed by atoms with Crippen LogP contribution in [0.5, 0.6) is 0 Å². The number of sulfonamides is 1. The normalized spacial score (nSPS) is 16.8. The van der Waals surface area contributed by atoms with Crippen LogP contribution >= 0.6 is 12.4 Å². The van der Waals surface area contributed by atoms with E-state index >= 15 is 0 Å². The van der Waals surface area contributed by atoms with E-state index in [2.05, 4.69) is 4.72 Å². The number of nitrogens with one attached hydrogen (secondary N) is 1. The molecular formula is C18H22ClN3O3S. The zero-order valence-corrected chi connectivity index (χ0v) is 16.0. The number of benzene rings is 2. The summed E-state index contributed by atoms with van der Waals surface area (Å²) in [6, 6.07) is 13.2. The number of hydrogen-bond acceptors (Lipinski definition) is 4. The predicted molar refractivity (Wildman–Crippen MR) is 104 cm³/mol. The molecule has 1 fully saturated rings. The number of halogens is 1. The molecule has 0 aromatic heterocycles. The maximum atomic E-state index is 12.6. The van der Waals surface area contributed by atoms with Crippen molar-refractivity contribution in [2.45, 2.75) is 24.3 Å². The van der Waals surface area contributed by atoms with E-state index in [1.807, 2.05) is 13.0 Å². The molecule has 26 heavy (non-hydrogen) atoms. The van der Waals surface area contributed by atoms with Crippen molar-refractivity contribution < 1.29 is 13.2 Å². The first-order chi connectivity index (χ1) is 11.8. The lowest BCUT2D eigenvalue weighted by Crippen LogP contribution is -2.32. The Morgan fingerprint density at radius 1 is 1.19 bits per heavy atom. The molecule has 0 bridgehead atoms. The van der Waals surface area contributed by atoms with Gasteiger partial charge in [0.25, 0.3) is 15.9 Å². The van der Waals surface area contributed by atoms with Crippen LogP contribution in [0.25, 0.3) is 0 Å². The average molecular weight is 396 g/mol. The third kappa shape index (κ3) is 4.55. The maximum Gasteiger partial charge on any atom is 0.261 e. The zero-order chi connectivity index (χ0) is 18.0. The molecule has 1 saturated heterocycles. The van der Waals surface area contributed by atoms with Gasteiger partial charge in [-0.15, -0.1) is 12.4 Å². The first-order valence-corrected chi connectivity index (χ1v) is 9.58. The third-order valence-corrected chi connectivity index (χ3v) is 5.55. The number of carbonyl (C=O) groups excluding carboxylic acids is 1. The van der Waals surface area contributed by atoms with Crippen molar-refractivity contribution >= 4 is 34.0 Å². The molecule has 0 aliphatic carbocycles. The van der Waals surface area contributed by atoms with Gasteiger partial charge in [-0.05, 0) is 49.2 Å². The number of nitrogens with zero attached hydrogens (tertiary/aromatic N) is 1. The lowest BCUT2D eigenvalue weighted by molar-refractivity contribution is 0.0790. The Morgan fingerprint density at radius 3 is 2.58 bits per heavy atom. The molecule has 1 amide bonds. The molecule has 3 rings (SSSR count). The Hall–Kier alpha value is -2.09. The molecule has 0 unspecified atom stereocenters. The zero-order valence-electron chi connectivity index (χ0n) is 14.4. The van der Waals surface area contributed by atoms with Crippen LogP contribution in [0.3, 0.4) is 0 Å². The number of carbonyl (C=O) groups is 1. The highest BCUT2D eigenvalue weighted by Crippen LogP contribution is 2.20. The molecule has 6 nitrogen and oxygen atoms in total. The van der Waals surface area contributed by atoms with E-state index in [9.17, 15) is 13.2 Å². The van der Waals surface area contributed by atoms with E-state index in [-0.39, 0.29) is 29.3 Å². The highest BCUT2D eigenvalue weighted by molar-refractivity contribution is 7.92. The number of anilines is 1. The third-order valence-electron chi connectivity index (χ3n) is 4.17. The SMILES string of the molecule is Cc1cccc(NS(=O)(=O)c2cccc(C(=O)N3CC[C@@H](N)C3)c2)c1.Cl. The summed E-state index contributed by atoms with van der Waals surface area (Å²) < 4.78 is 27.8. The van der Waals surface area contributed by atoms with Crippen LogP contribution in [0.2, 0.25) is 0 Å². The van der Waals surface area contributed by atoms with E-state index in [1.54, 1.807) is 35.2 Å². The van der Waals surface area contributed by atoms with E-state index in [0.717, 1.165) is 12.0 Å². The average Bonchev–Trinajstić information content (AvgIpc) is 3.00. The second-order valence-electron chi connectivity index (χ2n) is 6.30. The Labute approximate surface area is 159 Å². The number of hydrogen-bond donors (Lipinski definition) is 2. The minimum absolute atomic E-state index is 0. The highest BCUT2D eigenvalue weighted by Gasteiger charge is 2.25. The van der Waals surface area contributed by atoms with E-state index in [0.29, 0.717) is 24.3 Å². The van der Waals surface area contributed by atoms with Gasteiger partial charge in [0.1, 0.15) is 0 Å². The predicted octanol–water partition coefficient (Wildman–Crippen LogP) is 2.39. The summed E-state index contributed by atoms with van der Waals surface area (Å²) in [5.74, 6) is -0.194. The number of nitrogens with two attached hydrogens (primary N) is 1. The highest BCUT2D eigenvalue weighted by atomic mass is 35.5. The second-order valence-corrected chi connectivity index (χ2v) is 7.99. The molecule has 2 aromatic carbocycles. The van der Waals surface area contributed by atoms with Crippen LogP contribution in [-0.4, -0.2) is 38.4 Å². The fourth-order valence-electron chi connectivity index (χ4n) is 2.87. The number of amides is 1. The van der Waals surface area contributed by atoms with Crippen molar-refractivity contribution in [3.8, 4) is 0 Å². The summed E-state index contributed by atoms with van der Waals surface area (Å²) in [5.41, 5.74) is 7.63. The monoisotopic (exact) mass is 395 g/mol. The summed E-state index contributed by atoms with van der Waals surface area (Å²) in [4.78, 5) is 14.2. The molecule has 0 radical (unpaired) electrons. The Bertz CT molecular complexity index is 902.